The molecule has 0 atom stereocenters. The molecule has 10 heteroatoms. The summed E-state index contributed by atoms with van der Waals surface area (Å²) < 4.78 is 32.6. The minimum Gasteiger partial charge on any atom is -0.496 e. The topological polar surface area (TPSA) is 101 Å². The fourth-order valence-electron chi connectivity index (χ4n) is 3.59. The molecule has 1 aliphatic heterocycles. The number of aryl methyl sites for hydroxylation is 1. The van der Waals surface area contributed by atoms with Gasteiger partial charge in [-0.2, -0.15) is 4.31 Å². The molecular weight excluding hydrogens is 448 g/mol. The minimum atomic E-state index is -3.54. The summed E-state index contributed by atoms with van der Waals surface area (Å²) in [5.41, 5.74) is 1.61. The molecular formula is C22H24N4O4S2. The summed E-state index contributed by atoms with van der Waals surface area (Å²) in [6, 6.07) is 14.4. The van der Waals surface area contributed by atoms with Crippen LogP contribution in [0.25, 0.3) is 10.6 Å². The van der Waals surface area contributed by atoms with Crippen molar-refractivity contribution in [1.29, 1.82) is 0 Å². The highest BCUT2D eigenvalue weighted by Gasteiger charge is 2.27. The van der Waals surface area contributed by atoms with Crippen LogP contribution < -0.4 is 10.1 Å². The van der Waals surface area contributed by atoms with Gasteiger partial charge in [-0.1, -0.05) is 41.7 Å². The lowest BCUT2D eigenvalue weighted by Crippen LogP contribution is -2.28. The summed E-state index contributed by atoms with van der Waals surface area (Å²) in [4.78, 5) is 12.7. The van der Waals surface area contributed by atoms with Crippen molar-refractivity contribution in [3.8, 4) is 16.3 Å². The third kappa shape index (κ3) is 4.98. The highest BCUT2D eigenvalue weighted by Crippen LogP contribution is 2.28. The smallest absolute Gasteiger partial charge is 0.243 e. The monoisotopic (exact) mass is 472 g/mol. The van der Waals surface area contributed by atoms with Gasteiger partial charge in [-0.15, -0.1) is 10.2 Å². The number of carbonyl (C=O) groups is 1. The maximum atomic E-state index is 12.9. The SMILES string of the molecule is COc1ccc(S(=O)(=O)N2CCCC2)cc1CCC(=O)Nc1nnc(-c2ccccc2)s1. The number of aromatic nitrogens is 2. The first-order chi connectivity index (χ1) is 15.5. The molecule has 1 aromatic heterocycles. The Morgan fingerprint density at radius 1 is 1.12 bits per heavy atom. The Hall–Kier alpha value is -2.82. The summed E-state index contributed by atoms with van der Waals surface area (Å²) in [6.45, 7) is 1.08. The van der Waals surface area contributed by atoms with Gasteiger partial charge in [0.15, 0.2) is 0 Å². The zero-order chi connectivity index (χ0) is 22.6. The second kappa shape index (κ2) is 9.76. The van der Waals surface area contributed by atoms with Gasteiger partial charge in [-0.05, 0) is 43.0 Å². The molecule has 1 amide bonds. The van der Waals surface area contributed by atoms with E-state index >= 15 is 0 Å². The summed E-state index contributed by atoms with van der Waals surface area (Å²) in [6.07, 6.45) is 2.24. The first kappa shape index (κ1) is 22.4. The maximum Gasteiger partial charge on any atom is 0.243 e. The molecule has 2 heterocycles. The Balaban J connectivity index is 1.42. The van der Waals surface area contributed by atoms with Gasteiger partial charge in [0.2, 0.25) is 21.1 Å². The first-order valence-corrected chi connectivity index (χ1v) is 12.6. The number of benzene rings is 2. The van der Waals surface area contributed by atoms with Crippen molar-refractivity contribution < 1.29 is 17.9 Å². The number of rotatable bonds is 8. The quantitative estimate of drug-likeness (QED) is 0.538. The lowest BCUT2D eigenvalue weighted by molar-refractivity contribution is -0.116. The van der Waals surface area contributed by atoms with Crippen molar-refractivity contribution in [2.24, 2.45) is 0 Å². The van der Waals surface area contributed by atoms with Crippen LogP contribution in [-0.4, -0.2) is 49.0 Å². The van der Waals surface area contributed by atoms with Crippen LogP contribution >= 0.6 is 11.3 Å². The summed E-state index contributed by atoms with van der Waals surface area (Å²) >= 11 is 1.30. The van der Waals surface area contributed by atoms with E-state index in [0.717, 1.165) is 23.4 Å². The van der Waals surface area contributed by atoms with Crippen LogP contribution in [0.3, 0.4) is 0 Å². The van der Waals surface area contributed by atoms with Gasteiger partial charge >= 0.3 is 0 Å². The summed E-state index contributed by atoms with van der Waals surface area (Å²) in [5.74, 6) is 0.330. The fourth-order valence-corrected chi connectivity index (χ4v) is 5.92. The number of hydrogen-bond acceptors (Lipinski definition) is 7. The van der Waals surface area contributed by atoms with Crippen LogP contribution in [0.1, 0.15) is 24.8 Å². The minimum absolute atomic E-state index is 0.157. The van der Waals surface area contributed by atoms with E-state index in [1.807, 2.05) is 30.3 Å². The number of anilines is 1. The maximum absolute atomic E-state index is 12.9. The summed E-state index contributed by atoms with van der Waals surface area (Å²) in [7, 11) is -2.01. The van der Waals surface area contributed by atoms with E-state index in [9.17, 15) is 13.2 Å². The van der Waals surface area contributed by atoms with Crippen LogP contribution in [0.15, 0.2) is 53.4 Å². The van der Waals surface area contributed by atoms with Gasteiger partial charge in [-0.25, -0.2) is 8.42 Å². The van der Waals surface area contributed by atoms with Gasteiger partial charge < -0.3 is 10.1 Å². The lowest BCUT2D eigenvalue weighted by Gasteiger charge is -2.17. The average molecular weight is 473 g/mol. The van der Waals surface area contributed by atoms with Gasteiger partial charge in [0.1, 0.15) is 10.8 Å². The van der Waals surface area contributed by atoms with Crippen molar-refractivity contribution in [1.82, 2.24) is 14.5 Å². The second-order valence-corrected chi connectivity index (χ2v) is 10.3. The molecule has 4 rings (SSSR count). The molecule has 3 aromatic rings. The molecule has 2 aromatic carbocycles. The van der Waals surface area contributed by atoms with Crippen molar-refractivity contribution in [2.45, 2.75) is 30.6 Å². The number of nitrogens with one attached hydrogen (secondary N) is 1. The fraction of sp³-hybridized carbons (Fsp3) is 0.318. The van der Waals surface area contributed by atoms with E-state index in [0.29, 0.717) is 36.0 Å². The number of ether oxygens (including phenoxy) is 1. The average Bonchev–Trinajstić information content (AvgIpc) is 3.51. The van der Waals surface area contributed by atoms with Crippen LogP contribution in [0, 0.1) is 0 Å². The van der Waals surface area contributed by atoms with Crippen molar-refractivity contribution in [3.05, 3.63) is 54.1 Å². The predicted molar refractivity (Wildman–Crippen MR) is 123 cm³/mol. The molecule has 0 spiro atoms. The van der Waals surface area contributed by atoms with E-state index in [2.05, 4.69) is 15.5 Å². The van der Waals surface area contributed by atoms with Crippen molar-refractivity contribution in [3.63, 3.8) is 0 Å². The van der Waals surface area contributed by atoms with Crippen LogP contribution in [0.4, 0.5) is 5.13 Å². The Morgan fingerprint density at radius 2 is 1.88 bits per heavy atom. The zero-order valence-corrected chi connectivity index (χ0v) is 19.3. The third-order valence-corrected chi connectivity index (χ3v) is 8.05. The highest BCUT2D eigenvalue weighted by molar-refractivity contribution is 7.89. The molecule has 0 aliphatic carbocycles. The molecule has 8 nitrogen and oxygen atoms in total. The van der Waals surface area contributed by atoms with Gasteiger partial charge in [0.25, 0.3) is 0 Å². The van der Waals surface area contributed by atoms with Gasteiger partial charge in [-0.3, -0.25) is 4.79 Å². The van der Waals surface area contributed by atoms with Gasteiger partial charge in [0, 0.05) is 25.1 Å². The molecule has 0 bridgehead atoms. The highest BCUT2D eigenvalue weighted by atomic mass is 32.2. The Kier molecular flexibility index (Phi) is 6.83. The molecule has 168 valence electrons. The molecule has 1 saturated heterocycles. The molecule has 0 radical (unpaired) electrons. The number of amides is 1. The van der Waals surface area contributed by atoms with E-state index in [1.54, 1.807) is 18.2 Å². The normalized spacial score (nSPS) is 14.4. The van der Waals surface area contributed by atoms with Crippen molar-refractivity contribution in [2.75, 3.05) is 25.5 Å². The standard InChI is InChI=1S/C22H24N4O4S2/c1-30-19-11-10-18(32(28,29)26-13-5-6-14-26)15-17(19)9-12-20(27)23-22-25-24-21(31-22)16-7-3-2-4-8-16/h2-4,7-8,10-11,15H,5-6,9,12-14H2,1H3,(H,23,25,27). The van der Waals surface area contributed by atoms with Crippen LogP contribution in [0.5, 0.6) is 5.75 Å². The van der Waals surface area contributed by atoms with E-state index < -0.39 is 10.0 Å². The Bertz CT molecular complexity index is 1190. The lowest BCUT2D eigenvalue weighted by atomic mass is 10.1. The largest absolute Gasteiger partial charge is 0.496 e. The number of methoxy groups -OCH3 is 1. The number of sulfonamides is 1. The molecule has 1 aliphatic rings. The predicted octanol–water partition coefficient (Wildman–Crippen LogP) is 3.57. The number of nitrogens with zero attached hydrogens (tertiary/aromatic N) is 3. The Morgan fingerprint density at radius 3 is 2.59 bits per heavy atom. The summed E-state index contributed by atoms with van der Waals surface area (Å²) in [5, 5.41) is 12.1. The second-order valence-electron chi connectivity index (χ2n) is 7.41. The van der Waals surface area contributed by atoms with E-state index in [-0.39, 0.29) is 17.2 Å². The van der Waals surface area contributed by atoms with E-state index in [1.165, 1.54) is 22.8 Å². The van der Waals surface area contributed by atoms with Crippen LogP contribution in [-0.2, 0) is 21.2 Å². The van der Waals surface area contributed by atoms with Gasteiger partial charge in [0.05, 0.1) is 12.0 Å². The molecule has 1 fully saturated rings. The van der Waals surface area contributed by atoms with E-state index in [4.69, 9.17) is 4.74 Å². The third-order valence-electron chi connectivity index (χ3n) is 5.27. The van der Waals surface area contributed by atoms with Crippen molar-refractivity contribution >= 4 is 32.4 Å². The first-order valence-electron chi connectivity index (χ1n) is 10.3. The van der Waals surface area contributed by atoms with Crippen LogP contribution in [0.2, 0.25) is 0 Å². The zero-order valence-electron chi connectivity index (χ0n) is 17.7. The molecule has 32 heavy (non-hydrogen) atoms. The Labute approximate surface area is 191 Å². The molecule has 0 saturated carbocycles. The number of hydrogen-bond donors (Lipinski definition) is 1. The molecule has 1 N–H and O–H groups in total. The molecule has 0 unspecified atom stereocenters. The number of carbonyl (C=O) groups excluding carboxylic acids is 1.